The topological polar surface area (TPSA) is 84.9 Å². The number of fused-ring (bicyclic) bond motifs is 1. The molecule has 1 amide bonds. The molecule has 3 aromatic carbocycles. The number of nitrogens with zero attached hydrogens (tertiary/aromatic N) is 1. The number of carbonyl (C=O) groups excluding carboxylic acids is 1. The third-order valence-corrected chi connectivity index (χ3v) is 7.48. The van der Waals surface area contributed by atoms with E-state index in [0.717, 1.165) is 12.2 Å². The molecule has 0 fully saturated rings. The van der Waals surface area contributed by atoms with Gasteiger partial charge < -0.3 is 14.8 Å². The Balaban J connectivity index is 1.43. The average molecular weight is 501 g/mol. The number of amides is 1. The maximum absolute atomic E-state index is 13.4. The molecule has 7 nitrogen and oxygen atoms in total. The quantitative estimate of drug-likeness (QED) is 0.471. The van der Waals surface area contributed by atoms with Crippen molar-refractivity contribution in [1.29, 1.82) is 0 Å². The van der Waals surface area contributed by atoms with Gasteiger partial charge in [-0.15, -0.1) is 0 Å². The Labute approximate surface area is 204 Å². The van der Waals surface area contributed by atoms with E-state index in [1.54, 1.807) is 24.3 Å². The molecule has 1 aliphatic rings. The van der Waals surface area contributed by atoms with Crippen LogP contribution in [0.2, 0.25) is 5.02 Å². The molecule has 1 atom stereocenters. The summed E-state index contributed by atoms with van der Waals surface area (Å²) in [5.41, 5.74) is 1.59. The van der Waals surface area contributed by atoms with Crippen LogP contribution in [0.25, 0.3) is 0 Å². The van der Waals surface area contributed by atoms with Gasteiger partial charge in [0.25, 0.3) is 15.9 Å². The minimum atomic E-state index is -3.94. The highest BCUT2D eigenvalue weighted by atomic mass is 35.5. The fraction of sp³-hybridized carbons (Fsp3) is 0.240. The number of halogens is 1. The number of para-hydroxylation sites is 2. The van der Waals surface area contributed by atoms with Crippen LogP contribution in [0.15, 0.2) is 77.7 Å². The fourth-order valence-electron chi connectivity index (χ4n) is 3.58. The highest BCUT2D eigenvalue weighted by Gasteiger charge is 2.37. The third-order valence-electron chi connectivity index (χ3n) is 5.43. The number of rotatable bonds is 8. The number of sulfonamides is 1. The Morgan fingerprint density at radius 2 is 1.79 bits per heavy atom. The van der Waals surface area contributed by atoms with E-state index >= 15 is 0 Å². The molecule has 178 valence electrons. The van der Waals surface area contributed by atoms with E-state index in [-0.39, 0.29) is 24.6 Å². The van der Waals surface area contributed by atoms with Gasteiger partial charge in [0, 0.05) is 5.02 Å². The van der Waals surface area contributed by atoms with Gasteiger partial charge in [-0.25, -0.2) is 8.42 Å². The predicted molar refractivity (Wildman–Crippen MR) is 131 cm³/mol. The van der Waals surface area contributed by atoms with E-state index in [4.69, 9.17) is 21.1 Å². The standard InChI is InChI=1S/C25H25ClN2O5S/c1-2-18-7-11-20(12-8-18)32-16-15-27-25(29)24-17-28(22-5-3-4-6-23(22)33-24)34(30,31)21-13-9-19(26)10-14-21/h3-14,24H,2,15-17H2,1H3,(H,27,29)/t24-/m0/s1. The molecule has 1 aliphatic heterocycles. The lowest BCUT2D eigenvalue weighted by Gasteiger charge is -2.34. The maximum Gasteiger partial charge on any atom is 0.264 e. The molecule has 0 saturated heterocycles. The molecule has 1 N–H and O–H groups in total. The number of carbonyl (C=O) groups is 1. The molecule has 1 heterocycles. The highest BCUT2D eigenvalue weighted by molar-refractivity contribution is 7.92. The van der Waals surface area contributed by atoms with Crippen molar-refractivity contribution in [2.45, 2.75) is 24.3 Å². The minimum Gasteiger partial charge on any atom is -0.492 e. The summed E-state index contributed by atoms with van der Waals surface area (Å²) in [4.78, 5) is 12.9. The number of ether oxygens (including phenoxy) is 2. The van der Waals surface area contributed by atoms with Crippen LogP contribution in [0.1, 0.15) is 12.5 Å². The van der Waals surface area contributed by atoms with Gasteiger partial charge in [-0.1, -0.05) is 42.8 Å². The number of nitrogens with one attached hydrogen (secondary N) is 1. The van der Waals surface area contributed by atoms with E-state index in [1.165, 1.54) is 34.1 Å². The zero-order chi connectivity index (χ0) is 24.1. The van der Waals surface area contributed by atoms with Crippen LogP contribution in [0.5, 0.6) is 11.5 Å². The molecule has 0 aliphatic carbocycles. The summed E-state index contributed by atoms with van der Waals surface area (Å²) in [6.45, 7) is 2.44. The Bertz CT molecular complexity index is 1250. The van der Waals surface area contributed by atoms with Crippen molar-refractivity contribution < 1.29 is 22.7 Å². The summed E-state index contributed by atoms with van der Waals surface area (Å²) in [5.74, 6) is 0.615. The fourth-order valence-corrected chi connectivity index (χ4v) is 5.18. The lowest BCUT2D eigenvalue weighted by Crippen LogP contribution is -2.51. The van der Waals surface area contributed by atoms with E-state index in [1.807, 2.05) is 24.3 Å². The van der Waals surface area contributed by atoms with Crippen molar-refractivity contribution >= 4 is 33.2 Å². The summed E-state index contributed by atoms with van der Waals surface area (Å²) < 4.78 is 39.4. The first kappa shape index (κ1) is 23.9. The molecule has 0 bridgehead atoms. The molecule has 0 radical (unpaired) electrons. The van der Waals surface area contributed by atoms with Crippen molar-refractivity contribution in [3.8, 4) is 11.5 Å². The lowest BCUT2D eigenvalue weighted by atomic mass is 10.2. The summed E-state index contributed by atoms with van der Waals surface area (Å²) in [6.07, 6.45) is -0.0631. The predicted octanol–water partition coefficient (Wildman–Crippen LogP) is 4.05. The second-order valence-corrected chi connectivity index (χ2v) is 10.0. The third kappa shape index (κ3) is 5.29. The van der Waals surface area contributed by atoms with Gasteiger partial charge in [-0.3, -0.25) is 9.10 Å². The lowest BCUT2D eigenvalue weighted by molar-refractivity contribution is -0.127. The van der Waals surface area contributed by atoms with Crippen LogP contribution in [0.4, 0.5) is 5.69 Å². The molecular formula is C25H25ClN2O5S. The molecule has 9 heteroatoms. The van der Waals surface area contributed by atoms with Crippen molar-refractivity contribution in [3.05, 3.63) is 83.4 Å². The summed E-state index contributed by atoms with van der Waals surface area (Å²) in [7, 11) is -3.94. The van der Waals surface area contributed by atoms with Crippen molar-refractivity contribution in [2.24, 2.45) is 0 Å². The number of hydrogen-bond acceptors (Lipinski definition) is 5. The van der Waals surface area contributed by atoms with Gasteiger partial charge in [0.05, 0.1) is 23.7 Å². The monoisotopic (exact) mass is 500 g/mol. The van der Waals surface area contributed by atoms with Crippen LogP contribution in [-0.2, 0) is 21.2 Å². The van der Waals surface area contributed by atoms with Gasteiger partial charge in [-0.05, 0) is 60.5 Å². The zero-order valence-electron chi connectivity index (χ0n) is 18.6. The first-order valence-corrected chi connectivity index (χ1v) is 12.7. The normalized spacial score (nSPS) is 15.2. The Kier molecular flexibility index (Phi) is 7.29. The Morgan fingerprint density at radius 1 is 1.09 bits per heavy atom. The zero-order valence-corrected chi connectivity index (χ0v) is 20.2. The van der Waals surface area contributed by atoms with E-state index < -0.39 is 22.0 Å². The second-order valence-electron chi connectivity index (χ2n) is 7.70. The number of anilines is 1. The molecule has 4 rings (SSSR count). The smallest absolute Gasteiger partial charge is 0.264 e. The molecule has 0 unspecified atom stereocenters. The maximum atomic E-state index is 13.4. The number of hydrogen-bond donors (Lipinski definition) is 1. The van der Waals surface area contributed by atoms with Crippen LogP contribution in [0, 0.1) is 0 Å². The van der Waals surface area contributed by atoms with Gasteiger partial charge in [0.2, 0.25) is 0 Å². The largest absolute Gasteiger partial charge is 0.492 e. The average Bonchev–Trinajstić information content (AvgIpc) is 2.86. The highest BCUT2D eigenvalue weighted by Crippen LogP contribution is 2.36. The van der Waals surface area contributed by atoms with Gasteiger partial charge in [-0.2, -0.15) is 0 Å². The summed E-state index contributed by atoms with van der Waals surface area (Å²) in [5, 5.41) is 3.20. The molecule has 0 saturated carbocycles. The molecule has 0 aromatic heterocycles. The van der Waals surface area contributed by atoms with Crippen LogP contribution >= 0.6 is 11.6 Å². The first-order valence-electron chi connectivity index (χ1n) is 10.9. The Hall–Kier alpha value is -3.23. The molecule has 3 aromatic rings. The second kappa shape index (κ2) is 10.4. The van der Waals surface area contributed by atoms with Crippen molar-refractivity contribution in [1.82, 2.24) is 5.32 Å². The number of aryl methyl sites for hydroxylation is 1. The Morgan fingerprint density at radius 3 is 2.50 bits per heavy atom. The number of benzene rings is 3. The van der Waals surface area contributed by atoms with Gasteiger partial charge in [0.15, 0.2) is 6.10 Å². The minimum absolute atomic E-state index is 0.0789. The van der Waals surface area contributed by atoms with Crippen molar-refractivity contribution in [3.63, 3.8) is 0 Å². The van der Waals surface area contributed by atoms with E-state index in [0.29, 0.717) is 16.5 Å². The molecular weight excluding hydrogens is 476 g/mol. The summed E-state index contributed by atoms with van der Waals surface area (Å²) in [6, 6.07) is 20.4. The molecule has 0 spiro atoms. The van der Waals surface area contributed by atoms with Crippen LogP contribution in [0.3, 0.4) is 0 Å². The van der Waals surface area contributed by atoms with Crippen molar-refractivity contribution in [2.75, 3.05) is 24.0 Å². The van der Waals surface area contributed by atoms with Gasteiger partial charge in [0.1, 0.15) is 18.1 Å². The van der Waals surface area contributed by atoms with Gasteiger partial charge >= 0.3 is 0 Å². The van der Waals surface area contributed by atoms with Crippen LogP contribution in [-0.4, -0.2) is 40.1 Å². The van der Waals surface area contributed by atoms with E-state index in [9.17, 15) is 13.2 Å². The van der Waals surface area contributed by atoms with Crippen LogP contribution < -0.4 is 19.1 Å². The first-order chi connectivity index (χ1) is 16.4. The SMILES string of the molecule is CCc1ccc(OCCNC(=O)[C@@H]2CN(S(=O)(=O)c3ccc(Cl)cc3)c3ccccc3O2)cc1. The summed E-state index contributed by atoms with van der Waals surface area (Å²) >= 11 is 5.91. The van der Waals surface area contributed by atoms with E-state index in [2.05, 4.69) is 12.2 Å². The molecule has 34 heavy (non-hydrogen) atoms.